The smallest absolute Gasteiger partial charge is 0.146 e. The first-order valence-electron chi connectivity index (χ1n) is 5.55. The molecule has 0 spiro atoms. The van der Waals surface area contributed by atoms with E-state index in [0.717, 1.165) is 44.8 Å². The molecule has 1 aliphatic heterocycles. The quantitative estimate of drug-likeness (QED) is 0.759. The average molecular weight is 222 g/mol. The van der Waals surface area contributed by atoms with Crippen LogP contribution in [0.2, 0.25) is 0 Å². The van der Waals surface area contributed by atoms with E-state index in [1.165, 1.54) is 0 Å². The van der Waals surface area contributed by atoms with Gasteiger partial charge in [-0.2, -0.15) is 0 Å². The molecule has 0 amide bonds. The highest BCUT2D eigenvalue weighted by Gasteiger charge is 2.10. The van der Waals surface area contributed by atoms with E-state index in [1.807, 2.05) is 6.07 Å². The van der Waals surface area contributed by atoms with Gasteiger partial charge in [0.1, 0.15) is 5.82 Å². The van der Waals surface area contributed by atoms with E-state index < -0.39 is 0 Å². The number of rotatable bonds is 3. The zero-order chi connectivity index (χ0) is 11.4. The van der Waals surface area contributed by atoms with Crippen LogP contribution in [0.3, 0.4) is 0 Å². The van der Waals surface area contributed by atoms with Crippen molar-refractivity contribution < 1.29 is 4.74 Å². The number of hydrogen-bond acceptors (Lipinski definition) is 5. The monoisotopic (exact) mass is 222 g/mol. The van der Waals surface area contributed by atoms with Crippen molar-refractivity contribution in [1.29, 1.82) is 0 Å². The highest BCUT2D eigenvalue weighted by Crippen LogP contribution is 2.13. The molecule has 5 nitrogen and oxygen atoms in total. The minimum Gasteiger partial charge on any atom is -0.396 e. The lowest BCUT2D eigenvalue weighted by Crippen LogP contribution is -2.37. The van der Waals surface area contributed by atoms with Crippen LogP contribution in [-0.4, -0.2) is 42.7 Å². The van der Waals surface area contributed by atoms with Crippen LogP contribution in [0.1, 0.15) is 5.56 Å². The Labute approximate surface area is 95.4 Å². The van der Waals surface area contributed by atoms with Crippen molar-refractivity contribution in [1.82, 2.24) is 9.88 Å². The Morgan fingerprint density at radius 3 is 2.75 bits per heavy atom. The second-order valence-corrected chi connectivity index (χ2v) is 4.02. The van der Waals surface area contributed by atoms with Crippen molar-refractivity contribution in [2.75, 3.05) is 44.3 Å². The van der Waals surface area contributed by atoms with Crippen molar-refractivity contribution in [2.45, 2.75) is 6.42 Å². The van der Waals surface area contributed by atoms with Crippen LogP contribution in [-0.2, 0) is 11.2 Å². The molecule has 16 heavy (non-hydrogen) atoms. The second-order valence-electron chi connectivity index (χ2n) is 4.02. The molecule has 0 aromatic carbocycles. The summed E-state index contributed by atoms with van der Waals surface area (Å²) in [6, 6.07) is 1.91. The van der Waals surface area contributed by atoms with Crippen molar-refractivity contribution in [3.05, 3.63) is 17.8 Å². The topological polar surface area (TPSA) is 77.4 Å². The van der Waals surface area contributed by atoms with Gasteiger partial charge in [0.15, 0.2) is 0 Å². The molecule has 1 aromatic heterocycles. The molecule has 0 atom stereocenters. The first-order valence-corrected chi connectivity index (χ1v) is 5.55. The van der Waals surface area contributed by atoms with Crippen LogP contribution < -0.4 is 11.5 Å². The average Bonchev–Trinajstić information content (AvgIpc) is 2.32. The minimum atomic E-state index is 0.412. The summed E-state index contributed by atoms with van der Waals surface area (Å²) >= 11 is 0. The predicted molar refractivity (Wildman–Crippen MR) is 64.0 cm³/mol. The maximum Gasteiger partial charge on any atom is 0.146 e. The van der Waals surface area contributed by atoms with Crippen LogP contribution in [0.15, 0.2) is 12.3 Å². The number of pyridine rings is 1. The van der Waals surface area contributed by atoms with Gasteiger partial charge in [0.05, 0.1) is 18.9 Å². The zero-order valence-corrected chi connectivity index (χ0v) is 9.35. The van der Waals surface area contributed by atoms with E-state index in [0.29, 0.717) is 11.5 Å². The Hall–Kier alpha value is -1.33. The van der Waals surface area contributed by atoms with Gasteiger partial charge in [-0.25, -0.2) is 4.98 Å². The molecule has 2 heterocycles. The molecule has 1 saturated heterocycles. The fourth-order valence-corrected chi connectivity index (χ4v) is 1.79. The van der Waals surface area contributed by atoms with Crippen molar-refractivity contribution in [3.8, 4) is 0 Å². The van der Waals surface area contributed by atoms with Gasteiger partial charge in [-0.15, -0.1) is 0 Å². The fourth-order valence-electron chi connectivity index (χ4n) is 1.79. The van der Waals surface area contributed by atoms with E-state index >= 15 is 0 Å². The SMILES string of the molecule is Nc1cc(CCN2CCOCC2)cnc1N. The molecule has 0 bridgehead atoms. The summed E-state index contributed by atoms with van der Waals surface area (Å²) in [4.78, 5) is 6.44. The molecule has 0 unspecified atom stereocenters. The molecule has 0 aliphatic carbocycles. The number of ether oxygens (including phenoxy) is 1. The van der Waals surface area contributed by atoms with E-state index in [4.69, 9.17) is 16.2 Å². The van der Waals surface area contributed by atoms with E-state index in [9.17, 15) is 0 Å². The van der Waals surface area contributed by atoms with Crippen LogP contribution >= 0.6 is 0 Å². The highest BCUT2D eigenvalue weighted by atomic mass is 16.5. The van der Waals surface area contributed by atoms with Gasteiger partial charge in [-0.05, 0) is 18.1 Å². The Balaban J connectivity index is 1.86. The molecule has 0 saturated carbocycles. The highest BCUT2D eigenvalue weighted by molar-refractivity contribution is 5.58. The largest absolute Gasteiger partial charge is 0.396 e. The maximum atomic E-state index is 5.71. The molecular weight excluding hydrogens is 204 g/mol. The number of aromatic nitrogens is 1. The van der Waals surface area contributed by atoms with Gasteiger partial charge in [-0.3, -0.25) is 4.90 Å². The fraction of sp³-hybridized carbons (Fsp3) is 0.545. The molecule has 5 heteroatoms. The Kier molecular flexibility index (Phi) is 3.58. The molecule has 88 valence electrons. The Bertz CT molecular complexity index is 350. The van der Waals surface area contributed by atoms with Crippen LogP contribution in [0.4, 0.5) is 11.5 Å². The molecule has 4 N–H and O–H groups in total. The minimum absolute atomic E-state index is 0.412. The summed E-state index contributed by atoms with van der Waals surface area (Å²) in [5, 5.41) is 0. The third kappa shape index (κ3) is 2.84. The lowest BCUT2D eigenvalue weighted by atomic mass is 10.2. The number of anilines is 2. The number of hydrogen-bond donors (Lipinski definition) is 2. The van der Waals surface area contributed by atoms with Gasteiger partial charge in [0.2, 0.25) is 0 Å². The Morgan fingerprint density at radius 1 is 1.31 bits per heavy atom. The summed E-state index contributed by atoms with van der Waals surface area (Å²) in [5.41, 5.74) is 13.0. The molecule has 0 radical (unpaired) electrons. The van der Waals surface area contributed by atoms with Gasteiger partial charge < -0.3 is 16.2 Å². The van der Waals surface area contributed by atoms with Gasteiger partial charge in [0.25, 0.3) is 0 Å². The number of morpholine rings is 1. The van der Waals surface area contributed by atoms with Crippen molar-refractivity contribution >= 4 is 11.5 Å². The van der Waals surface area contributed by atoms with E-state index in [1.54, 1.807) is 6.20 Å². The molecule has 2 rings (SSSR count). The third-order valence-electron chi connectivity index (χ3n) is 2.83. The zero-order valence-electron chi connectivity index (χ0n) is 9.35. The lowest BCUT2D eigenvalue weighted by molar-refractivity contribution is 0.0384. The normalized spacial score (nSPS) is 17.5. The summed E-state index contributed by atoms with van der Waals surface area (Å²) in [5.74, 6) is 0.412. The standard InChI is InChI=1S/C11H18N4O/c12-10-7-9(8-14-11(10)13)1-2-15-3-5-16-6-4-15/h7-8H,1-6,12H2,(H2,13,14). The van der Waals surface area contributed by atoms with Crippen molar-refractivity contribution in [2.24, 2.45) is 0 Å². The summed E-state index contributed by atoms with van der Waals surface area (Å²) in [7, 11) is 0. The summed E-state index contributed by atoms with van der Waals surface area (Å²) in [6.45, 7) is 4.72. The second kappa shape index (κ2) is 5.14. The van der Waals surface area contributed by atoms with Crippen LogP contribution in [0.5, 0.6) is 0 Å². The van der Waals surface area contributed by atoms with Crippen LogP contribution in [0.25, 0.3) is 0 Å². The molecule has 1 aromatic rings. The van der Waals surface area contributed by atoms with Crippen LogP contribution in [0, 0.1) is 0 Å². The number of nitrogens with zero attached hydrogens (tertiary/aromatic N) is 2. The van der Waals surface area contributed by atoms with E-state index in [2.05, 4.69) is 9.88 Å². The third-order valence-corrected chi connectivity index (χ3v) is 2.83. The molecule has 1 fully saturated rings. The predicted octanol–water partition coefficient (Wildman–Crippen LogP) is 0.121. The number of nitrogen functional groups attached to an aromatic ring is 2. The lowest BCUT2D eigenvalue weighted by Gasteiger charge is -2.26. The number of nitrogens with two attached hydrogens (primary N) is 2. The summed E-state index contributed by atoms with van der Waals surface area (Å²) < 4.78 is 5.30. The molecule has 1 aliphatic rings. The van der Waals surface area contributed by atoms with Gasteiger partial charge in [0, 0.05) is 25.8 Å². The van der Waals surface area contributed by atoms with Crippen molar-refractivity contribution in [3.63, 3.8) is 0 Å². The van der Waals surface area contributed by atoms with Gasteiger partial charge >= 0.3 is 0 Å². The van der Waals surface area contributed by atoms with E-state index in [-0.39, 0.29) is 0 Å². The molecular formula is C11H18N4O. The maximum absolute atomic E-state index is 5.71. The first kappa shape index (κ1) is 11.2. The Morgan fingerprint density at radius 2 is 2.06 bits per heavy atom. The first-order chi connectivity index (χ1) is 7.75. The van der Waals surface area contributed by atoms with Gasteiger partial charge in [-0.1, -0.05) is 0 Å². The summed E-state index contributed by atoms with van der Waals surface area (Å²) in [6.07, 6.45) is 2.75.